The van der Waals surface area contributed by atoms with Crippen molar-refractivity contribution < 1.29 is 0 Å². The van der Waals surface area contributed by atoms with Crippen LogP contribution in [0.4, 0.5) is 0 Å². The molecule has 0 unspecified atom stereocenters. The first-order chi connectivity index (χ1) is 17.8. The van der Waals surface area contributed by atoms with Crippen molar-refractivity contribution in [3.8, 4) is 0 Å². The zero-order valence-electron chi connectivity index (χ0n) is 23.7. The Morgan fingerprint density at radius 2 is 0.778 bits per heavy atom. The number of para-hydroxylation sites is 1. The van der Waals surface area contributed by atoms with E-state index < -0.39 is 0 Å². The first-order valence-electron chi connectivity index (χ1n) is 13.7. The molecule has 0 aliphatic rings. The van der Waals surface area contributed by atoms with Gasteiger partial charge in [-0.05, 0) is 17.9 Å². The molecule has 4 aromatic carbocycles. The molecule has 0 saturated carbocycles. The number of nitrogens with zero attached hydrogens (tertiary/aromatic N) is 1. The molecule has 0 radical (unpaired) electrons. The number of hydrogen-bond acceptors (Lipinski definition) is 0. The molecule has 0 spiro atoms. The molecule has 6 rings (SSSR count). The summed E-state index contributed by atoms with van der Waals surface area (Å²) in [5, 5.41) is 7.85. The molecule has 0 N–H and O–H groups in total. The van der Waals surface area contributed by atoms with E-state index in [4.69, 9.17) is 0 Å². The van der Waals surface area contributed by atoms with Crippen LogP contribution in [-0.4, -0.2) is 4.40 Å². The molecule has 6 aromatic rings. The summed E-state index contributed by atoms with van der Waals surface area (Å²) in [6, 6.07) is 34.9. The molecular weight excluding hydrogens is 434 g/mol. The number of hydrogen-bond donors (Lipinski definition) is 0. The zero-order chi connectivity index (χ0) is 26.7. The summed E-state index contributed by atoms with van der Waals surface area (Å²) in [4.78, 5) is 0. The Bertz CT molecular complexity index is 1570. The van der Waals surface area contributed by atoms with E-state index in [1.54, 1.807) is 0 Å². The Hall–Kier alpha value is -3.58. The highest BCUT2D eigenvalue weighted by Crippen LogP contribution is 2.41. The van der Waals surface area contributed by atoms with E-state index in [2.05, 4.69) is 108 Å². The van der Waals surface area contributed by atoms with Crippen molar-refractivity contribution in [3.63, 3.8) is 0 Å². The summed E-state index contributed by atoms with van der Waals surface area (Å²) in [6.45, 7) is 18.2. The number of fused-ring (bicyclic) bond motifs is 8. The van der Waals surface area contributed by atoms with E-state index in [0.717, 1.165) is 0 Å². The van der Waals surface area contributed by atoms with E-state index in [1.807, 2.05) is 55.4 Å². The highest BCUT2D eigenvalue weighted by Gasteiger charge is 2.18. The third-order valence-electron chi connectivity index (χ3n) is 5.87. The van der Waals surface area contributed by atoms with Gasteiger partial charge in [0.15, 0.2) is 0 Å². The molecule has 0 fully saturated rings. The molecule has 2 aromatic heterocycles. The first-order valence-corrected chi connectivity index (χ1v) is 13.7. The minimum atomic E-state index is 1.27. The van der Waals surface area contributed by atoms with E-state index >= 15 is 0 Å². The van der Waals surface area contributed by atoms with Gasteiger partial charge >= 0.3 is 0 Å². The van der Waals surface area contributed by atoms with Crippen LogP contribution in [0.2, 0.25) is 0 Å². The smallest absolute Gasteiger partial charge is 0.0620 e. The second kappa shape index (κ2) is 14.1. The van der Waals surface area contributed by atoms with Gasteiger partial charge in [-0.3, -0.25) is 0 Å². The van der Waals surface area contributed by atoms with Crippen LogP contribution in [-0.2, 0) is 0 Å². The van der Waals surface area contributed by atoms with Gasteiger partial charge in [-0.25, -0.2) is 0 Å². The van der Waals surface area contributed by atoms with Crippen molar-refractivity contribution in [3.05, 3.63) is 103 Å². The molecule has 0 amide bonds. The molecule has 36 heavy (non-hydrogen) atoms. The summed E-state index contributed by atoms with van der Waals surface area (Å²) in [6.07, 6.45) is 0. The highest BCUT2D eigenvalue weighted by atomic mass is 14.9. The van der Waals surface area contributed by atoms with Gasteiger partial charge in [0, 0.05) is 26.9 Å². The summed E-state index contributed by atoms with van der Waals surface area (Å²) in [5.74, 6) is 0. The van der Waals surface area contributed by atoms with Gasteiger partial charge in [0.25, 0.3) is 0 Å². The Labute approximate surface area is 218 Å². The quantitative estimate of drug-likeness (QED) is 0.205. The van der Waals surface area contributed by atoms with Crippen LogP contribution in [0.25, 0.3) is 48.9 Å². The largest absolute Gasteiger partial charge is 0.307 e. The Morgan fingerprint density at radius 3 is 1.44 bits per heavy atom. The van der Waals surface area contributed by atoms with Crippen molar-refractivity contribution in [1.29, 1.82) is 0 Å². The number of aromatic nitrogens is 1. The molecule has 188 valence electrons. The van der Waals surface area contributed by atoms with Crippen molar-refractivity contribution in [2.24, 2.45) is 0 Å². The monoisotopic (exact) mass is 477 g/mol. The Balaban J connectivity index is 0.000000523. The lowest BCUT2D eigenvalue weighted by molar-refractivity contribution is 1.35. The van der Waals surface area contributed by atoms with Crippen LogP contribution in [0.5, 0.6) is 0 Å². The lowest BCUT2D eigenvalue weighted by Crippen LogP contribution is -1.84. The van der Waals surface area contributed by atoms with E-state index in [9.17, 15) is 0 Å². The second-order valence-corrected chi connectivity index (χ2v) is 7.46. The Morgan fingerprint density at radius 1 is 0.361 bits per heavy atom. The van der Waals surface area contributed by atoms with Crippen LogP contribution >= 0.6 is 0 Å². The third kappa shape index (κ3) is 5.02. The molecule has 1 nitrogen and oxygen atoms in total. The van der Waals surface area contributed by atoms with Crippen molar-refractivity contribution in [1.82, 2.24) is 4.40 Å². The summed E-state index contributed by atoms with van der Waals surface area (Å²) >= 11 is 0. The van der Waals surface area contributed by atoms with Gasteiger partial charge in [-0.15, -0.1) is 0 Å². The molecule has 2 heterocycles. The number of rotatable bonds is 0. The van der Waals surface area contributed by atoms with Gasteiger partial charge in [-0.1, -0.05) is 152 Å². The molecule has 1 heteroatoms. The Kier molecular flexibility index (Phi) is 11.2. The van der Waals surface area contributed by atoms with Gasteiger partial charge in [0.2, 0.25) is 0 Å². The van der Waals surface area contributed by atoms with E-state index in [0.29, 0.717) is 0 Å². The minimum Gasteiger partial charge on any atom is -0.307 e. The van der Waals surface area contributed by atoms with Crippen molar-refractivity contribution >= 4 is 48.9 Å². The molecule has 0 atom stereocenters. The molecular formula is C35H43N. The SMILES string of the molecule is CC.CC.CC.CC.Cc1cccccccc2c3cccc4c5ccc6ccccc6c5n(c12)c34. The van der Waals surface area contributed by atoms with Gasteiger partial charge in [0.1, 0.15) is 0 Å². The zero-order valence-corrected chi connectivity index (χ0v) is 23.7. The number of aryl methyl sites for hydroxylation is 1. The normalized spacial score (nSPS) is 9.81. The maximum atomic E-state index is 2.49. The van der Waals surface area contributed by atoms with Crippen molar-refractivity contribution in [2.45, 2.75) is 62.3 Å². The first kappa shape index (κ1) is 28.7. The lowest BCUT2D eigenvalue weighted by atomic mass is 10.0. The van der Waals surface area contributed by atoms with Crippen molar-refractivity contribution in [2.75, 3.05) is 0 Å². The van der Waals surface area contributed by atoms with Gasteiger partial charge in [-0.2, -0.15) is 0 Å². The molecule has 0 bridgehead atoms. The van der Waals surface area contributed by atoms with Gasteiger partial charge in [0.05, 0.1) is 16.6 Å². The molecule has 0 saturated heterocycles. The van der Waals surface area contributed by atoms with E-state index in [1.165, 1.54) is 54.4 Å². The second-order valence-electron chi connectivity index (χ2n) is 7.46. The van der Waals surface area contributed by atoms with Crippen LogP contribution in [0.1, 0.15) is 61.0 Å². The maximum absolute atomic E-state index is 2.49. The van der Waals surface area contributed by atoms with Gasteiger partial charge < -0.3 is 4.40 Å². The summed E-state index contributed by atoms with van der Waals surface area (Å²) < 4.78 is 2.49. The predicted octanol–water partition coefficient (Wildman–Crippen LogP) is 11.5. The number of benzene rings is 3. The average molecular weight is 478 g/mol. The van der Waals surface area contributed by atoms with Crippen LogP contribution in [0, 0.1) is 6.92 Å². The third-order valence-corrected chi connectivity index (χ3v) is 5.87. The maximum Gasteiger partial charge on any atom is 0.0620 e. The summed E-state index contributed by atoms with van der Waals surface area (Å²) in [5.41, 5.74) is 5.19. The fourth-order valence-electron chi connectivity index (χ4n) is 4.70. The predicted molar refractivity (Wildman–Crippen MR) is 166 cm³/mol. The molecule has 0 aliphatic heterocycles. The van der Waals surface area contributed by atoms with Crippen LogP contribution in [0.15, 0.2) is 97.1 Å². The average Bonchev–Trinajstić information content (AvgIpc) is 3.48. The summed E-state index contributed by atoms with van der Waals surface area (Å²) in [7, 11) is 0. The fraction of sp³-hybridized carbons (Fsp3) is 0.257. The standard InChI is InChI=1S/C27H19N.4C2H6/c1-18-10-5-3-2-4-6-13-21-22-14-9-15-23-24-17-16-19-11-7-8-12-20(19)26(24)28(25(18)21)27(22)23;4*1-2/h2-17H,1H3;4*1-2H3. The highest BCUT2D eigenvalue weighted by molar-refractivity contribution is 6.27. The van der Waals surface area contributed by atoms with Crippen LogP contribution < -0.4 is 0 Å². The molecule has 0 aliphatic carbocycles. The van der Waals surface area contributed by atoms with Crippen LogP contribution in [0.3, 0.4) is 0 Å². The fourth-order valence-corrected chi connectivity index (χ4v) is 4.70. The minimum absolute atomic E-state index is 1.27. The van der Waals surface area contributed by atoms with E-state index in [-0.39, 0.29) is 0 Å². The lowest BCUT2D eigenvalue weighted by Gasteiger charge is -2.03. The topological polar surface area (TPSA) is 4.41 Å².